The largest absolute Gasteiger partial charge is 0.496 e. The zero-order valence-electron chi connectivity index (χ0n) is 11.4. The summed E-state index contributed by atoms with van der Waals surface area (Å²) in [6.07, 6.45) is 1.72. The van der Waals surface area contributed by atoms with Crippen LogP contribution >= 0.6 is 34.2 Å². The van der Waals surface area contributed by atoms with Crippen LogP contribution in [0.4, 0.5) is 0 Å². The van der Waals surface area contributed by atoms with Crippen LogP contribution in [0.5, 0.6) is 5.75 Å². The van der Waals surface area contributed by atoms with E-state index in [-0.39, 0.29) is 17.9 Å². The highest BCUT2D eigenvalue weighted by Gasteiger charge is 2.31. The van der Waals surface area contributed by atoms with Gasteiger partial charge in [-0.1, -0.05) is 11.6 Å². The van der Waals surface area contributed by atoms with E-state index in [0.717, 1.165) is 3.57 Å². The van der Waals surface area contributed by atoms with Gasteiger partial charge in [-0.25, -0.2) is 0 Å². The Morgan fingerprint density at radius 2 is 2.14 bits per heavy atom. The molecule has 1 fully saturated rings. The van der Waals surface area contributed by atoms with Gasteiger partial charge in [0.15, 0.2) is 0 Å². The van der Waals surface area contributed by atoms with Gasteiger partial charge in [-0.05, 0) is 54.0 Å². The smallest absolute Gasteiger partial charge is 0.306 e. The third-order valence-electron chi connectivity index (χ3n) is 3.60. The molecule has 1 aliphatic rings. The lowest BCUT2D eigenvalue weighted by Crippen LogP contribution is -2.33. The summed E-state index contributed by atoms with van der Waals surface area (Å²) in [7, 11) is 1.49. The Balaban J connectivity index is 2.11. The molecule has 21 heavy (non-hydrogen) atoms. The summed E-state index contributed by atoms with van der Waals surface area (Å²) in [5.74, 6) is -1.02. The second-order valence-electron chi connectivity index (χ2n) is 4.99. The van der Waals surface area contributed by atoms with Crippen LogP contribution < -0.4 is 10.1 Å². The van der Waals surface area contributed by atoms with Gasteiger partial charge in [0.05, 0.1) is 23.6 Å². The first-order chi connectivity index (χ1) is 9.92. The maximum absolute atomic E-state index is 12.3. The maximum Gasteiger partial charge on any atom is 0.306 e. The summed E-state index contributed by atoms with van der Waals surface area (Å²) in [6.45, 7) is 0. The van der Waals surface area contributed by atoms with Gasteiger partial charge in [0, 0.05) is 9.61 Å². The molecular formula is C14H15ClINO4. The number of methoxy groups -OCH3 is 1. The minimum atomic E-state index is -0.804. The molecule has 0 bridgehead atoms. The van der Waals surface area contributed by atoms with Crippen molar-refractivity contribution in [2.45, 2.75) is 25.3 Å². The first kappa shape index (κ1) is 16.4. The zero-order chi connectivity index (χ0) is 15.6. The van der Waals surface area contributed by atoms with Gasteiger partial charge >= 0.3 is 5.97 Å². The van der Waals surface area contributed by atoms with Crippen molar-refractivity contribution in [2.24, 2.45) is 5.92 Å². The Hall–Kier alpha value is -1.02. The molecule has 1 aliphatic carbocycles. The standard InChI is InChI=1S/C14H15ClINO4/c1-21-12-6-11(16)10(15)5-9(12)13(18)17-8-3-2-7(4-8)14(19)20/h5-8H,2-4H2,1H3,(H,17,18)(H,19,20)/t7-,8+/m1/s1. The number of amides is 1. The zero-order valence-corrected chi connectivity index (χ0v) is 14.3. The lowest BCUT2D eigenvalue weighted by Gasteiger charge is -2.15. The molecule has 0 aliphatic heterocycles. The number of halogens is 2. The predicted octanol–water partition coefficient (Wildman–Crippen LogP) is 2.94. The molecule has 1 amide bonds. The lowest BCUT2D eigenvalue weighted by atomic mass is 10.1. The number of carboxylic acid groups (broad SMARTS) is 1. The number of aliphatic carboxylic acids is 1. The van der Waals surface area contributed by atoms with Gasteiger partial charge in [-0.3, -0.25) is 9.59 Å². The van der Waals surface area contributed by atoms with Crippen molar-refractivity contribution in [1.82, 2.24) is 5.32 Å². The molecule has 1 saturated carbocycles. The second-order valence-corrected chi connectivity index (χ2v) is 6.55. The monoisotopic (exact) mass is 423 g/mol. The number of hydrogen-bond donors (Lipinski definition) is 2. The number of nitrogens with one attached hydrogen (secondary N) is 1. The van der Waals surface area contributed by atoms with Crippen molar-refractivity contribution in [3.05, 3.63) is 26.3 Å². The Morgan fingerprint density at radius 3 is 2.71 bits per heavy atom. The highest BCUT2D eigenvalue weighted by molar-refractivity contribution is 14.1. The van der Waals surface area contributed by atoms with E-state index in [1.165, 1.54) is 7.11 Å². The molecule has 2 rings (SSSR count). The third kappa shape index (κ3) is 3.79. The SMILES string of the molecule is COc1cc(I)c(Cl)cc1C(=O)N[C@H]1CC[C@@H](C(=O)O)C1. The Bertz CT molecular complexity index is 578. The molecular weight excluding hydrogens is 409 g/mol. The van der Waals surface area contributed by atoms with Crippen molar-refractivity contribution in [1.29, 1.82) is 0 Å². The topological polar surface area (TPSA) is 75.6 Å². The van der Waals surface area contributed by atoms with Crippen LogP contribution in [0.15, 0.2) is 12.1 Å². The molecule has 0 unspecified atom stereocenters. The van der Waals surface area contributed by atoms with Crippen molar-refractivity contribution in [3.8, 4) is 5.75 Å². The Kier molecular flexibility index (Phi) is 5.32. The number of ether oxygens (including phenoxy) is 1. The van der Waals surface area contributed by atoms with Crippen LogP contribution in [0.25, 0.3) is 0 Å². The summed E-state index contributed by atoms with van der Waals surface area (Å²) >= 11 is 8.11. The number of carbonyl (C=O) groups is 2. The number of benzene rings is 1. The van der Waals surface area contributed by atoms with Gasteiger partial charge in [0.1, 0.15) is 5.75 Å². The Morgan fingerprint density at radius 1 is 1.43 bits per heavy atom. The summed E-state index contributed by atoms with van der Waals surface area (Å²) in [5.41, 5.74) is 0.363. The summed E-state index contributed by atoms with van der Waals surface area (Å²) in [5, 5.41) is 12.3. The van der Waals surface area contributed by atoms with Gasteiger partial charge in [-0.2, -0.15) is 0 Å². The van der Waals surface area contributed by atoms with E-state index in [2.05, 4.69) is 27.9 Å². The van der Waals surface area contributed by atoms with Gasteiger partial charge in [0.2, 0.25) is 0 Å². The van der Waals surface area contributed by atoms with Crippen LogP contribution in [-0.4, -0.2) is 30.1 Å². The van der Waals surface area contributed by atoms with Crippen LogP contribution in [-0.2, 0) is 4.79 Å². The minimum absolute atomic E-state index is 0.124. The minimum Gasteiger partial charge on any atom is -0.496 e. The maximum atomic E-state index is 12.3. The van der Waals surface area contributed by atoms with E-state index in [0.29, 0.717) is 35.6 Å². The molecule has 2 atom stereocenters. The molecule has 1 aromatic carbocycles. The number of hydrogen-bond acceptors (Lipinski definition) is 3. The molecule has 0 radical (unpaired) electrons. The molecule has 114 valence electrons. The van der Waals surface area contributed by atoms with Crippen LogP contribution in [0.3, 0.4) is 0 Å². The van der Waals surface area contributed by atoms with E-state index in [1.54, 1.807) is 12.1 Å². The Labute approximate surface area is 141 Å². The van der Waals surface area contributed by atoms with E-state index >= 15 is 0 Å². The number of carboxylic acids is 1. The summed E-state index contributed by atoms with van der Waals surface area (Å²) in [4.78, 5) is 23.3. The fourth-order valence-corrected chi connectivity index (χ4v) is 3.08. The number of rotatable bonds is 4. The molecule has 0 aromatic heterocycles. The normalized spacial score (nSPS) is 21.1. The summed E-state index contributed by atoms with van der Waals surface area (Å²) < 4.78 is 6.01. The first-order valence-electron chi connectivity index (χ1n) is 6.49. The molecule has 0 saturated heterocycles. The quantitative estimate of drug-likeness (QED) is 0.730. The van der Waals surface area contributed by atoms with Crippen molar-refractivity contribution in [3.63, 3.8) is 0 Å². The van der Waals surface area contributed by atoms with Crippen molar-refractivity contribution >= 4 is 46.1 Å². The summed E-state index contributed by atoms with van der Waals surface area (Å²) in [6, 6.07) is 3.15. The first-order valence-corrected chi connectivity index (χ1v) is 7.94. The molecule has 0 heterocycles. The molecule has 5 nitrogen and oxygen atoms in total. The highest BCUT2D eigenvalue weighted by atomic mass is 127. The average molecular weight is 424 g/mol. The van der Waals surface area contributed by atoms with E-state index in [1.807, 2.05) is 0 Å². The van der Waals surface area contributed by atoms with E-state index in [4.69, 9.17) is 21.4 Å². The van der Waals surface area contributed by atoms with E-state index < -0.39 is 5.97 Å². The van der Waals surface area contributed by atoms with Crippen LogP contribution in [0.1, 0.15) is 29.6 Å². The molecule has 1 aromatic rings. The molecule has 7 heteroatoms. The molecule has 0 spiro atoms. The van der Waals surface area contributed by atoms with Crippen LogP contribution in [0, 0.1) is 9.49 Å². The van der Waals surface area contributed by atoms with Crippen LogP contribution in [0.2, 0.25) is 5.02 Å². The number of carbonyl (C=O) groups excluding carboxylic acids is 1. The molecule has 2 N–H and O–H groups in total. The van der Waals surface area contributed by atoms with Gasteiger partial charge < -0.3 is 15.2 Å². The van der Waals surface area contributed by atoms with Gasteiger partial charge in [0.25, 0.3) is 5.91 Å². The van der Waals surface area contributed by atoms with Crippen molar-refractivity contribution < 1.29 is 19.4 Å². The average Bonchev–Trinajstić information content (AvgIpc) is 2.89. The fraction of sp³-hybridized carbons (Fsp3) is 0.429. The van der Waals surface area contributed by atoms with Gasteiger partial charge in [-0.15, -0.1) is 0 Å². The predicted molar refractivity (Wildman–Crippen MR) is 87.0 cm³/mol. The third-order valence-corrected chi connectivity index (χ3v) is 5.13. The van der Waals surface area contributed by atoms with E-state index in [9.17, 15) is 9.59 Å². The van der Waals surface area contributed by atoms with Crippen molar-refractivity contribution in [2.75, 3.05) is 7.11 Å². The fourth-order valence-electron chi connectivity index (χ4n) is 2.47. The lowest BCUT2D eigenvalue weighted by molar-refractivity contribution is -0.141. The second kappa shape index (κ2) is 6.83. The highest BCUT2D eigenvalue weighted by Crippen LogP contribution is 2.30.